The number of aromatic nitrogens is 12. The van der Waals surface area contributed by atoms with Crippen LogP contribution >= 0.6 is 0 Å². The first-order valence-electron chi connectivity index (χ1n) is 44.7. The molecule has 0 bridgehead atoms. The molecule has 0 spiro atoms. The molecule has 9 aromatic heterocycles. The summed E-state index contributed by atoms with van der Waals surface area (Å²) in [6, 6.07) is 145. The Morgan fingerprint density at radius 3 is 0.911 bits per heavy atom. The van der Waals surface area contributed by atoms with Crippen LogP contribution in [0.2, 0.25) is 0 Å². The highest BCUT2D eigenvalue weighted by atomic mass is 16.3. The third-order valence-electron chi connectivity index (χ3n) is 25.0. The van der Waals surface area contributed by atoms with Gasteiger partial charge in [0.15, 0.2) is 58.0 Å². The molecule has 15 nitrogen and oxygen atoms in total. The molecule has 0 amide bonds. The number of benzene rings is 18. The molecule has 630 valence electrons. The van der Waals surface area contributed by atoms with Gasteiger partial charge in [-0.2, -0.15) is 0 Å². The summed E-state index contributed by atoms with van der Waals surface area (Å²) in [7, 11) is 0. The molecule has 9 heterocycles. The fourth-order valence-electron chi connectivity index (χ4n) is 18.3. The smallest absolute Gasteiger partial charge is 0.227 e. The van der Waals surface area contributed by atoms with E-state index in [2.05, 4.69) is 242 Å². The van der Waals surface area contributed by atoms with Gasteiger partial charge in [-0.25, -0.2) is 54.8 Å². The topological polar surface area (TPSA) is 194 Å². The lowest BCUT2D eigenvalue weighted by atomic mass is 9.98. The van der Waals surface area contributed by atoms with Gasteiger partial charge in [0.05, 0.1) is 17.2 Å². The Hall–Kier alpha value is -18.6. The molecular formula is C120H72N12O3. The van der Waals surface area contributed by atoms with Crippen LogP contribution in [0.1, 0.15) is 0 Å². The minimum absolute atomic E-state index is 0.620. The van der Waals surface area contributed by atoms with Crippen molar-refractivity contribution in [3.63, 3.8) is 0 Å². The molecule has 0 aliphatic rings. The Morgan fingerprint density at radius 2 is 0.459 bits per heavy atom. The van der Waals surface area contributed by atoms with E-state index in [0.717, 1.165) is 187 Å². The second-order valence-electron chi connectivity index (χ2n) is 33.4. The molecular weight excluding hydrogens is 1660 g/mol. The molecule has 27 aromatic rings. The molecule has 27 rings (SSSR count). The Bertz CT molecular complexity index is 8940. The molecule has 0 saturated heterocycles. The molecule has 0 radical (unpaired) electrons. The van der Waals surface area contributed by atoms with E-state index in [4.69, 9.17) is 68.1 Å². The predicted octanol–water partition coefficient (Wildman–Crippen LogP) is 30.4. The minimum atomic E-state index is 0.620. The lowest BCUT2D eigenvalue weighted by Crippen LogP contribution is -2.00. The first-order valence-corrected chi connectivity index (χ1v) is 44.7. The second-order valence-corrected chi connectivity index (χ2v) is 33.4. The van der Waals surface area contributed by atoms with Crippen molar-refractivity contribution in [1.29, 1.82) is 0 Å². The summed E-state index contributed by atoms with van der Waals surface area (Å²) in [6.45, 7) is 0. The summed E-state index contributed by atoms with van der Waals surface area (Å²) in [6.07, 6.45) is 3.71. The van der Waals surface area contributed by atoms with Gasteiger partial charge in [-0.1, -0.05) is 364 Å². The Labute approximate surface area is 771 Å². The van der Waals surface area contributed by atoms with E-state index in [-0.39, 0.29) is 0 Å². The predicted molar refractivity (Wildman–Crippen MR) is 545 cm³/mol. The molecule has 135 heavy (non-hydrogen) atoms. The van der Waals surface area contributed by atoms with Crippen molar-refractivity contribution >= 4 is 131 Å². The van der Waals surface area contributed by atoms with Crippen LogP contribution in [0.5, 0.6) is 0 Å². The van der Waals surface area contributed by atoms with Crippen LogP contribution < -0.4 is 0 Å². The zero-order valence-corrected chi connectivity index (χ0v) is 72.2. The van der Waals surface area contributed by atoms with Crippen molar-refractivity contribution < 1.29 is 13.3 Å². The molecule has 0 saturated carbocycles. The van der Waals surface area contributed by atoms with Gasteiger partial charge in [0.1, 0.15) is 16.7 Å². The number of para-hydroxylation sites is 2. The number of hydrogen-bond donors (Lipinski definition) is 0. The van der Waals surface area contributed by atoms with Gasteiger partial charge in [0.2, 0.25) is 11.4 Å². The Morgan fingerprint density at radius 1 is 0.148 bits per heavy atom. The van der Waals surface area contributed by atoms with Crippen LogP contribution in [0.25, 0.3) is 267 Å². The third kappa shape index (κ3) is 14.9. The van der Waals surface area contributed by atoms with E-state index in [0.29, 0.717) is 63.8 Å². The third-order valence-corrected chi connectivity index (χ3v) is 25.0. The lowest BCUT2D eigenvalue weighted by Gasteiger charge is -2.11. The van der Waals surface area contributed by atoms with Gasteiger partial charge in [-0.15, -0.1) is 0 Å². The molecule has 0 fully saturated rings. The fraction of sp³-hybridized carbons (Fsp3) is 0. The van der Waals surface area contributed by atoms with Crippen LogP contribution in [0.15, 0.2) is 450 Å². The van der Waals surface area contributed by atoms with Gasteiger partial charge in [0.25, 0.3) is 0 Å². The molecule has 0 unspecified atom stereocenters. The summed E-state index contributed by atoms with van der Waals surface area (Å²) in [5.41, 5.74) is 21.2. The number of nitrogens with zero attached hydrogens (tertiary/aromatic N) is 12. The van der Waals surface area contributed by atoms with Crippen LogP contribution in [0.3, 0.4) is 0 Å². The average Bonchev–Trinajstić information content (AvgIpc) is 1.68. The second kappa shape index (κ2) is 33.5. The standard InChI is InChI=1S/3C40H24N4O/c1-2-11-27(12-3-1)37-42-38(44-39(43-37)32-17-8-14-25-10-4-6-15-30(25)32)28-22-20-26(21-23-28)31-16-9-19-35-36(31)33-24-29-13-5-7-18-34(29)41-40(33)45-35;1-2-10-27(11-3-1)37-42-38(44-39(43-37)31-22-17-25-9-4-5-12-29(25)23-31)28-20-18-26(19-21-28)32-14-8-16-35-36(32)33-24-30-13-6-7-15-34(30)41-40(33)45-35;1-2-9-27(10-3-1)38-42-39(44-40(43-38)32-19-14-25-8-4-5-11-29(25)20-32)28-17-15-26(16-18-28)34-23-41-24-36-37(34)33-21-30-12-6-7-13-31(30)22-35(33)45-36/h3*1-24H. The van der Waals surface area contributed by atoms with E-state index >= 15 is 0 Å². The van der Waals surface area contributed by atoms with E-state index < -0.39 is 0 Å². The van der Waals surface area contributed by atoms with Gasteiger partial charge in [-0.05, 0) is 132 Å². The number of rotatable bonds is 12. The highest BCUT2D eigenvalue weighted by Crippen LogP contribution is 2.44. The Balaban J connectivity index is 0.000000108. The van der Waals surface area contributed by atoms with Crippen LogP contribution in [0.4, 0.5) is 0 Å². The summed E-state index contributed by atoms with van der Waals surface area (Å²) >= 11 is 0. The molecule has 18 aromatic carbocycles. The molecule has 0 aliphatic carbocycles. The maximum atomic E-state index is 6.26. The first-order chi connectivity index (χ1) is 66.8. The minimum Gasteiger partial charge on any atom is -0.454 e. The van der Waals surface area contributed by atoms with Crippen LogP contribution in [0, 0.1) is 0 Å². The van der Waals surface area contributed by atoms with Crippen molar-refractivity contribution in [1.82, 2.24) is 59.8 Å². The highest BCUT2D eigenvalue weighted by Gasteiger charge is 2.23. The maximum Gasteiger partial charge on any atom is 0.227 e. The van der Waals surface area contributed by atoms with E-state index in [1.54, 1.807) is 6.20 Å². The van der Waals surface area contributed by atoms with Crippen molar-refractivity contribution in [2.45, 2.75) is 0 Å². The first kappa shape index (κ1) is 78.6. The average molecular weight is 1730 g/mol. The van der Waals surface area contributed by atoms with Crippen LogP contribution in [-0.2, 0) is 0 Å². The zero-order chi connectivity index (χ0) is 89.2. The zero-order valence-electron chi connectivity index (χ0n) is 72.2. The van der Waals surface area contributed by atoms with Crippen molar-refractivity contribution in [2.24, 2.45) is 0 Å². The quantitative estimate of drug-likeness (QED) is 0.112. The van der Waals surface area contributed by atoms with Gasteiger partial charge in [0, 0.05) is 105 Å². The van der Waals surface area contributed by atoms with Crippen molar-refractivity contribution in [3.8, 4) is 136 Å². The van der Waals surface area contributed by atoms with Crippen molar-refractivity contribution in [2.75, 3.05) is 0 Å². The number of furan rings is 3. The summed E-state index contributed by atoms with van der Waals surface area (Å²) in [5.74, 6) is 5.72. The van der Waals surface area contributed by atoms with Gasteiger partial charge in [-0.3, -0.25) is 4.98 Å². The molecule has 15 heteroatoms. The van der Waals surface area contributed by atoms with Gasteiger partial charge < -0.3 is 13.3 Å². The Kier molecular flexibility index (Phi) is 19.5. The summed E-state index contributed by atoms with van der Waals surface area (Å²) in [4.78, 5) is 58.7. The van der Waals surface area contributed by atoms with Crippen LogP contribution in [-0.4, -0.2) is 59.8 Å². The van der Waals surface area contributed by atoms with E-state index in [1.165, 1.54) is 16.2 Å². The van der Waals surface area contributed by atoms with Gasteiger partial charge >= 0.3 is 0 Å². The number of pyridine rings is 3. The molecule has 0 atom stereocenters. The molecule has 0 N–H and O–H groups in total. The normalized spacial score (nSPS) is 11.6. The maximum absolute atomic E-state index is 6.26. The molecule has 0 aliphatic heterocycles. The highest BCUT2D eigenvalue weighted by molar-refractivity contribution is 6.17. The monoisotopic (exact) mass is 1730 g/mol. The summed E-state index contributed by atoms with van der Waals surface area (Å²) in [5, 5.41) is 17.7. The van der Waals surface area contributed by atoms with E-state index in [1.807, 2.05) is 194 Å². The van der Waals surface area contributed by atoms with E-state index in [9.17, 15) is 0 Å². The fourth-order valence-corrected chi connectivity index (χ4v) is 18.3. The number of fused-ring (bicyclic) bond motifs is 15. The lowest BCUT2D eigenvalue weighted by molar-refractivity contribution is 0.655. The number of hydrogen-bond acceptors (Lipinski definition) is 15. The van der Waals surface area contributed by atoms with Crippen molar-refractivity contribution in [3.05, 3.63) is 437 Å². The SMILES string of the molecule is c1ccc(-c2nc(-c3ccc(-c4cccc5oc6nc7ccccc7cc6c45)cc3)nc(-c3ccc4ccccc4c3)n2)cc1.c1ccc(-c2nc(-c3ccc(-c4cccc5oc6nc7ccccc7cc6c45)cc3)nc(-c3cccc4ccccc34)n2)cc1.c1ccc(-c2nc(-c3ccc(-c4cncc5oc6cc7ccccc7cc6c45)cc3)nc(-c3ccc4ccccc4c3)n2)cc1. The largest absolute Gasteiger partial charge is 0.454 e. The summed E-state index contributed by atoms with van der Waals surface area (Å²) < 4.78 is 18.7.